The number of sulfone groups is 1. The Morgan fingerprint density at radius 2 is 1.72 bits per heavy atom. The molecule has 0 aliphatic rings. The van der Waals surface area contributed by atoms with Crippen LogP contribution < -0.4 is 17.2 Å². The summed E-state index contributed by atoms with van der Waals surface area (Å²) in [5.74, 6) is -1.45. The van der Waals surface area contributed by atoms with Crippen molar-refractivity contribution >= 4 is 21.4 Å². The number of rotatable bonds is 10. The Hall–Kier alpha value is -1.87. The van der Waals surface area contributed by atoms with Gasteiger partial charge in [0.15, 0.2) is 11.6 Å². The fourth-order valence-corrected chi connectivity index (χ4v) is 3.55. The number of hydrogen-bond acceptors (Lipinski definition) is 7. The summed E-state index contributed by atoms with van der Waals surface area (Å²) < 4.78 is 25.6. The molecule has 0 spiro atoms. The predicted octanol–water partition coefficient (Wildman–Crippen LogP) is 0.286. The van der Waals surface area contributed by atoms with Crippen molar-refractivity contribution in [1.29, 1.82) is 0 Å². The lowest BCUT2D eigenvalue weighted by atomic mass is 10.0. The number of benzene rings is 1. The second-order valence-electron chi connectivity index (χ2n) is 5.77. The molecule has 1 rings (SSSR count). The van der Waals surface area contributed by atoms with E-state index in [1.807, 2.05) is 0 Å². The molecular formula is C17H25N3O4S. The van der Waals surface area contributed by atoms with Gasteiger partial charge in [0.2, 0.25) is 9.84 Å². The molecule has 1 aromatic rings. The normalized spacial score (nSPS) is 14.8. The number of ketones is 2. The minimum atomic E-state index is -4.17. The van der Waals surface area contributed by atoms with Gasteiger partial charge in [-0.2, -0.15) is 0 Å². The number of Topliss-reactive ketones (excluding diaryl/α,β-unsaturated/α-hetero) is 1. The zero-order valence-corrected chi connectivity index (χ0v) is 15.0. The maximum Gasteiger partial charge on any atom is 0.210 e. The van der Waals surface area contributed by atoms with Gasteiger partial charge >= 0.3 is 0 Å². The summed E-state index contributed by atoms with van der Waals surface area (Å²) in [5.41, 5.74) is 16.7. The van der Waals surface area contributed by atoms with E-state index < -0.39 is 38.4 Å². The summed E-state index contributed by atoms with van der Waals surface area (Å²) in [6, 6.07) is 5.46. The Labute approximate surface area is 148 Å². The van der Waals surface area contributed by atoms with Crippen molar-refractivity contribution in [3.63, 3.8) is 0 Å². The third kappa shape index (κ3) is 5.86. The molecule has 8 heteroatoms. The van der Waals surface area contributed by atoms with Gasteiger partial charge in [-0.15, -0.1) is 0 Å². The number of carbonyl (C=O) groups excluding carboxylic acids is 2. The smallest absolute Gasteiger partial charge is 0.210 e. The monoisotopic (exact) mass is 367 g/mol. The lowest BCUT2D eigenvalue weighted by Crippen LogP contribution is -2.35. The van der Waals surface area contributed by atoms with Gasteiger partial charge in [0, 0.05) is 6.08 Å². The van der Waals surface area contributed by atoms with Crippen LogP contribution in [-0.2, 0) is 19.4 Å². The first-order chi connectivity index (χ1) is 11.7. The second kappa shape index (κ2) is 9.57. The Bertz CT molecular complexity index is 728. The van der Waals surface area contributed by atoms with E-state index in [2.05, 4.69) is 0 Å². The lowest BCUT2D eigenvalue weighted by molar-refractivity contribution is -0.118. The van der Waals surface area contributed by atoms with Crippen LogP contribution >= 0.6 is 0 Å². The first-order valence-corrected chi connectivity index (χ1v) is 9.51. The van der Waals surface area contributed by atoms with Gasteiger partial charge in [-0.1, -0.05) is 24.6 Å². The summed E-state index contributed by atoms with van der Waals surface area (Å²) in [6.45, 7) is 1.87. The van der Waals surface area contributed by atoms with E-state index in [0.29, 0.717) is 19.4 Å². The Morgan fingerprint density at radius 3 is 2.24 bits per heavy atom. The third-order valence-electron chi connectivity index (χ3n) is 3.61. The molecule has 0 aliphatic heterocycles. The predicted molar refractivity (Wildman–Crippen MR) is 96.3 cm³/mol. The van der Waals surface area contributed by atoms with Gasteiger partial charge in [-0.05, 0) is 38.4 Å². The quantitative estimate of drug-likeness (QED) is 0.398. The minimum Gasteiger partial charge on any atom is -0.330 e. The average molecular weight is 367 g/mol. The van der Waals surface area contributed by atoms with E-state index in [1.165, 1.54) is 31.2 Å². The van der Waals surface area contributed by atoms with Gasteiger partial charge in [-0.3, -0.25) is 9.59 Å². The van der Waals surface area contributed by atoms with Crippen LogP contribution in [0, 0.1) is 0 Å². The van der Waals surface area contributed by atoms with Crippen LogP contribution in [0.2, 0.25) is 0 Å². The highest BCUT2D eigenvalue weighted by Crippen LogP contribution is 2.22. The van der Waals surface area contributed by atoms with Crippen LogP contribution in [0.3, 0.4) is 0 Å². The van der Waals surface area contributed by atoms with Crippen molar-refractivity contribution in [2.24, 2.45) is 17.2 Å². The van der Waals surface area contributed by atoms with E-state index >= 15 is 0 Å². The van der Waals surface area contributed by atoms with Crippen LogP contribution in [0.15, 0.2) is 46.2 Å². The standard InChI is InChI=1S/C17H25N3O4S/c1-12(19)15(21)11-16(17(22)14(20)9-5-6-10-18)25(23,24)13-7-3-2-4-8-13/h2-4,7-8,11-12,14H,5-6,9-10,18-20H2,1H3. The maximum atomic E-state index is 12.8. The van der Waals surface area contributed by atoms with Crippen LogP contribution in [0.5, 0.6) is 0 Å². The van der Waals surface area contributed by atoms with Crippen molar-refractivity contribution in [3.8, 4) is 0 Å². The molecular weight excluding hydrogens is 342 g/mol. The maximum absolute atomic E-state index is 12.8. The molecule has 138 valence electrons. The summed E-state index contributed by atoms with van der Waals surface area (Å²) in [4.78, 5) is 23.9. The van der Waals surface area contributed by atoms with Crippen LogP contribution in [0.4, 0.5) is 0 Å². The number of unbranched alkanes of at least 4 members (excludes halogenated alkanes) is 1. The first-order valence-electron chi connectivity index (χ1n) is 8.03. The molecule has 0 saturated carbocycles. The fourth-order valence-electron chi connectivity index (χ4n) is 2.09. The Morgan fingerprint density at radius 1 is 1.12 bits per heavy atom. The molecule has 0 fully saturated rings. The molecule has 2 atom stereocenters. The molecule has 6 N–H and O–H groups in total. The van der Waals surface area contributed by atoms with Gasteiger partial charge in [0.25, 0.3) is 0 Å². The molecule has 7 nitrogen and oxygen atoms in total. The summed E-state index contributed by atoms with van der Waals surface area (Å²) in [7, 11) is -4.17. The van der Waals surface area contributed by atoms with Crippen LogP contribution in [0.1, 0.15) is 26.2 Å². The van der Waals surface area contributed by atoms with Crippen molar-refractivity contribution < 1.29 is 18.0 Å². The zero-order valence-electron chi connectivity index (χ0n) is 14.2. The SMILES string of the molecule is CC(N)C(=O)C=C(C(=O)C(N)CCCCN)S(=O)(=O)c1ccccc1. The largest absolute Gasteiger partial charge is 0.330 e. The van der Waals surface area contributed by atoms with E-state index in [4.69, 9.17) is 17.2 Å². The van der Waals surface area contributed by atoms with E-state index in [0.717, 1.165) is 6.08 Å². The topological polar surface area (TPSA) is 146 Å². The molecule has 0 radical (unpaired) electrons. The first kappa shape index (κ1) is 21.2. The zero-order chi connectivity index (χ0) is 19.0. The van der Waals surface area contributed by atoms with Gasteiger partial charge in [0.05, 0.1) is 17.0 Å². The van der Waals surface area contributed by atoms with Gasteiger partial charge in [-0.25, -0.2) is 8.42 Å². The molecule has 1 aromatic carbocycles. The molecule has 0 heterocycles. The van der Waals surface area contributed by atoms with Gasteiger partial charge in [0.1, 0.15) is 4.91 Å². The van der Waals surface area contributed by atoms with Crippen molar-refractivity contribution in [2.75, 3.05) is 6.54 Å². The molecule has 0 aromatic heterocycles. The number of hydrogen-bond donors (Lipinski definition) is 3. The van der Waals surface area contributed by atoms with Crippen LogP contribution in [-0.4, -0.2) is 38.6 Å². The molecule has 0 amide bonds. The summed E-state index contributed by atoms with van der Waals surface area (Å²) >= 11 is 0. The molecule has 0 saturated heterocycles. The Balaban J connectivity index is 3.27. The summed E-state index contributed by atoms with van der Waals surface area (Å²) in [6.07, 6.45) is 2.33. The molecule has 2 unspecified atom stereocenters. The summed E-state index contributed by atoms with van der Waals surface area (Å²) in [5, 5.41) is 0. The van der Waals surface area contributed by atoms with E-state index in [-0.39, 0.29) is 11.3 Å². The van der Waals surface area contributed by atoms with Crippen LogP contribution in [0.25, 0.3) is 0 Å². The number of carbonyl (C=O) groups is 2. The fraction of sp³-hybridized carbons (Fsp3) is 0.412. The molecule has 0 aliphatic carbocycles. The highest BCUT2D eigenvalue weighted by molar-refractivity contribution is 7.96. The lowest BCUT2D eigenvalue weighted by Gasteiger charge is -2.14. The van der Waals surface area contributed by atoms with E-state index in [9.17, 15) is 18.0 Å². The van der Waals surface area contributed by atoms with Crippen molar-refractivity contribution in [3.05, 3.63) is 41.3 Å². The second-order valence-corrected chi connectivity index (χ2v) is 7.69. The van der Waals surface area contributed by atoms with Crippen molar-refractivity contribution in [1.82, 2.24) is 0 Å². The highest BCUT2D eigenvalue weighted by Gasteiger charge is 2.31. The average Bonchev–Trinajstić information content (AvgIpc) is 2.59. The third-order valence-corrected chi connectivity index (χ3v) is 5.40. The molecule has 25 heavy (non-hydrogen) atoms. The van der Waals surface area contributed by atoms with E-state index in [1.54, 1.807) is 6.07 Å². The molecule has 0 bridgehead atoms. The number of nitrogens with two attached hydrogens (primary N) is 3. The minimum absolute atomic E-state index is 0.0822. The highest BCUT2D eigenvalue weighted by atomic mass is 32.2. The van der Waals surface area contributed by atoms with Gasteiger partial charge < -0.3 is 17.2 Å². The van der Waals surface area contributed by atoms with Crippen molar-refractivity contribution in [2.45, 2.75) is 43.2 Å². The Kier molecular flexibility index (Phi) is 8.11.